The van der Waals surface area contributed by atoms with E-state index in [0.29, 0.717) is 0 Å². The highest BCUT2D eigenvalue weighted by Crippen LogP contribution is 2.15. The molecule has 6 heteroatoms. The molecular formula is C14H16FN3O2. The van der Waals surface area contributed by atoms with E-state index in [0.717, 1.165) is 23.9 Å². The number of halogens is 1. The first-order chi connectivity index (χ1) is 9.51. The van der Waals surface area contributed by atoms with E-state index in [2.05, 4.69) is 5.10 Å². The summed E-state index contributed by atoms with van der Waals surface area (Å²) in [6.07, 6.45) is 0.812. The average molecular weight is 277 g/mol. The normalized spacial score (nSPS) is 10.6. The van der Waals surface area contributed by atoms with Gasteiger partial charge in [-0.3, -0.25) is 4.68 Å². The quantitative estimate of drug-likeness (QED) is 0.686. The lowest BCUT2D eigenvalue weighted by Gasteiger charge is -2.07. The molecule has 0 radical (unpaired) electrons. The lowest BCUT2D eigenvalue weighted by Crippen LogP contribution is -2.10. The van der Waals surface area contributed by atoms with Crippen LogP contribution in [0.2, 0.25) is 0 Å². The van der Waals surface area contributed by atoms with Crippen LogP contribution in [-0.2, 0) is 24.8 Å². The first-order valence-corrected chi connectivity index (χ1v) is 6.25. The van der Waals surface area contributed by atoms with E-state index in [1.807, 2.05) is 13.0 Å². The van der Waals surface area contributed by atoms with E-state index in [9.17, 15) is 9.18 Å². The van der Waals surface area contributed by atoms with E-state index in [1.54, 1.807) is 11.7 Å². The van der Waals surface area contributed by atoms with E-state index in [4.69, 9.17) is 10.5 Å². The Balaban J connectivity index is 2.06. The molecule has 0 saturated heterocycles. The molecule has 106 valence electrons. The van der Waals surface area contributed by atoms with Gasteiger partial charge in [-0.1, -0.05) is 6.92 Å². The second-order valence-corrected chi connectivity index (χ2v) is 4.41. The number of carbonyl (C=O) groups is 1. The summed E-state index contributed by atoms with van der Waals surface area (Å²) in [5.41, 5.74) is 7.53. The number of carbonyl (C=O) groups excluding carboxylic acids is 1. The molecule has 20 heavy (non-hydrogen) atoms. The number of aryl methyl sites for hydroxylation is 2. The Morgan fingerprint density at radius 3 is 2.80 bits per heavy atom. The molecule has 0 atom stereocenters. The van der Waals surface area contributed by atoms with E-state index in [1.165, 1.54) is 12.1 Å². The Hall–Kier alpha value is -2.37. The summed E-state index contributed by atoms with van der Waals surface area (Å²) < 4.78 is 19.8. The largest absolute Gasteiger partial charge is 0.456 e. The van der Waals surface area contributed by atoms with E-state index < -0.39 is 11.8 Å². The van der Waals surface area contributed by atoms with Crippen LogP contribution in [0, 0.1) is 5.82 Å². The van der Waals surface area contributed by atoms with Gasteiger partial charge in [-0.25, -0.2) is 9.18 Å². The summed E-state index contributed by atoms with van der Waals surface area (Å²) in [6.45, 7) is 2.09. The molecule has 0 aliphatic heterocycles. The summed E-state index contributed by atoms with van der Waals surface area (Å²) in [5.74, 6) is -1.07. The molecule has 0 aliphatic carbocycles. The summed E-state index contributed by atoms with van der Waals surface area (Å²) in [7, 11) is 1.79. The van der Waals surface area contributed by atoms with Crippen LogP contribution in [0.3, 0.4) is 0 Å². The highest BCUT2D eigenvalue weighted by atomic mass is 19.1. The van der Waals surface area contributed by atoms with Crippen molar-refractivity contribution in [2.45, 2.75) is 20.0 Å². The van der Waals surface area contributed by atoms with Crippen molar-refractivity contribution in [3.63, 3.8) is 0 Å². The zero-order chi connectivity index (χ0) is 14.7. The molecular weight excluding hydrogens is 261 g/mol. The number of aromatic nitrogens is 2. The maximum absolute atomic E-state index is 12.9. The van der Waals surface area contributed by atoms with Crippen molar-refractivity contribution in [1.29, 1.82) is 0 Å². The van der Waals surface area contributed by atoms with Crippen molar-refractivity contribution < 1.29 is 13.9 Å². The molecule has 0 bridgehead atoms. The average Bonchev–Trinajstić information content (AvgIpc) is 2.76. The number of hydrogen-bond donors (Lipinski definition) is 1. The summed E-state index contributed by atoms with van der Waals surface area (Å²) in [5, 5.41) is 4.26. The third-order valence-electron chi connectivity index (χ3n) is 2.97. The van der Waals surface area contributed by atoms with Crippen LogP contribution in [-0.4, -0.2) is 15.7 Å². The van der Waals surface area contributed by atoms with Crippen LogP contribution < -0.4 is 5.73 Å². The minimum Gasteiger partial charge on any atom is -0.456 e. The Morgan fingerprint density at radius 1 is 1.45 bits per heavy atom. The van der Waals surface area contributed by atoms with Crippen LogP contribution in [0.25, 0.3) is 0 Å². The lowest BCUT2D eigenvalue weighted by molar-refractivity contribution is 0.0465. The van der Waals surface area contributed by atoms with Gasteiger partial charge in [0.15, 0.2) is 0 Å². The number of nitrogen functional groups attached to an aromatic ring is 1. The molecule has 0 saturated carbocycles. The number of benzene rings is 1. The molecule has 2 rings (SSSR count). The van der Waals surface area contributed by atoms with Crippen LogP contribution in [0.15, 0.2) is 24.3 Å². The van der Waals surface area contributed by atoms with Crippen molar-refractivity contribution in [2.24, 2.45) is 7.05 Å². The Morgan fingerprint density at radius 2 is 2.20 bits per heavy atom. The maximum atomic E-state index is 12.9. The molecule has 1 aromatic carbocycles. The van der Waals surface area contributed by atoms with Gasteiger partial charge in [0, 0.05) is 12.7 Å². The van der Waals surface area contributed by atoms with Crippen molar-refractivity contribution in [2.75, 3.05) is 5.73 Å². The van der Waals surface area contributed by atoms with Gasteiger partial charge in [-0.2, -0.15) is 5.10 Å². The van der Waals surface area contributed by atoms with Gasteiger partial charge in [-0.15, -0.1) is 0 Å². The fourth-order valence-electron chi connectivity index (χ4n) is 1.82. The van der Waals surface area contributed by atoms with E-state index in [-0.39, 0.29) is 17.9 Å². The van der Waals surface area contributed by atoms with Gasteiger partial charge >= 0.3 is 5.97 Å². The number of hydrogen-bond acceptors (Lipinski definition) is 4. The Bertz CT molecular complexity index is 637. The monoisotopic (exact) mass is 277 g/mol. The molecule has 2 N–H and O–H groups in total. The summed E-state index contributed by atoms with van der Waals surface area (Å²) in [4.78, 5) is 11.9. The number of esters is 1. The summed E-state index contributed by atoms with van der Waals surface area (Å²) in [6, 6.07) is 5.46. The molecule has 2 aromatic rings. The molecule has 5 nitrogen and oxygen atoms in total. The molecule has 0 aliphatic rings. The zero-order valence-corrected chi connectivity index (χ0v) is 11.4. The molecule has 0 spiro atoms. The second-order valence-electron chi connectivity index (χ2n) is 4.41. The van der Waals surface area contributed by atoms with Gasteiger partial charge < -0.3 is 10.5 Å². The topological polar surface area (TPSA) is 70.1 Å². The minimum absolute atomic E-state index is 0.0641. The van der Waals surface area contributed by atoms with Crippen LogP contribution in [0.1, 0.15) is 28.7 Å². The van der Waals surface area contributed by atoms with Gasteiger partial charge in [0.1, 0.15) is 12.4 Å². The predicted octanol–water partition coefficient (Wildman–Crippen LogP) is 2.06. The third kappa shape index (κ3) is 2.96. The van der Waals surface area contributed by atoms with Crippen molar-refractivity contribution >= 4 is 11.7 Å². The smallest absolute Gasteiger partial charge is 0.340 e. The molecule has 0 unspecified atom stereocenters. The second kappa shape index (κ2) is 5.73. The number of nitrogens with two attached hydrogens (primary N) is 1. The van der Waals surface area contributed by atoms with E-state index >= 15 is 0 Å². The number of anilines is 1. The summed E-state index contributed by atoms with van der Waals surface area (Å²) >= 11 is 0. The van der Waals surface area contributed by atoms with Crippen molar-refractivity contribution in [3.05, 3.63) is 47.0 Å². The highest BCUT2D eigenvalue weighted by Gasteiger charge is 2.13. The number of rotatable bonds is 4. The molecule has 1 heterocycles. The van der Waals surface area contributed by atoms with Gasteiger partial charge in [0.25, 0.3) is 0 Å². The van der Waals surface area contributed by atoms with Crippen LogP contribution in [0.4, 0.5) is 10.1 Å². The minimum atomic E-state index is -0.582. The number of ether oxygens (including phenoxy) is 1. The Labute approximate surface area is 116 Å². The molecule has 0 amide bonds. The van der Waals surface area contributed by atoms with Crippen molar-refractivity contribution in [3.8, 4) is 0 Å². The zero-order valence-electron chi connectivity index (χ0n) is 11.4. The van der Waals surface area contributed by atoms with Gasteiger partial charge in [-0.05, 0) is 30.7 Å². The first kappa shape index (κ1) is 14.0. The fraction of sp³-hybridized carbons (Fsp3) is 0.286. The van der Waals surface area contributed by atoms with Gasteiger partial charge in [0.05, 0.1) is 17.0 Å². The van der Waals surface area contributed by atoms with Crippen LogP contribution in [0.5, 0.6) is 0 Å². The maximum Gasteiger partial charge on any atom is 0.340 e. The molecule has 0 fully saturated rings. The lowest BCUT2D eigenvalue weighted by atomic mass is 10.2. The van der Waals surface area contributed by atoms with Gasteiger partial charge in [0.2, 0.25) is 0 Å². The third-order valence-corrected chi connectivity index (χ3v) is 2.97. The standard InChI is InChI=1S/C14H16FN3O2/c1-3-10-7-11(18(2)17-10)8-20-14(19)12-5-4-9(15)6-13(12)16/h4-7H,3,8,16H2,1-2H3. The molecule has 1 aromatic heterocycles. The predicted molar refractivity (Wildman–Crippen MR) is 72.5 cm³/mol. The van der Waals surface area contributed by atoms with Crippen LogP contribution >= 0.6 is 0 Å². The SMILES string of the molecule is CCc1cc(COC(=O)c2ccc(F)cc2N)n(C)n1. The van der Waals surface area contributed by atoms with Crippen molar-refractivity contribution in [1.82, 2.24) is 9.78 Å². The fourth-order valence-corrected chi connectivity index (χ4v) is 1.82. The number of nitrogens with zero attached hydrogens (tertiary/aromatic N) is 2. The first-order valence-electron chi connectivity index (χ1n) is 6.25. The highest BCUT2D eigenvalue weighted by molar-refractivity contribution is 5.94. The Kier molecular flexibility index (Phi) is 4.02.